The third kappa shape index (κ3) is 3.62. The molecule has 0 saturated heterocycles. The summed E-state index contributed by atoms with van der Waals surface area (Å²) in [6, 6.07) is 0.724. The fraction of sp³-hybridized carbons (Fsp3) is 0.417. The van der Waals surface area contributed by atoms with Gasteiger partial charge in [-0.25, -0.2) is 8.78 Å². The van der Waals surface area contributed by atoms with Gasteiger partial charge in [-0.2, -0.15) is 0 Å². The Morgan fingerprint density at radius 3 is 2.50 bits per heavy atom. The van der Waals surface area contributed by atoms with E-state index in [1.807, 2.05) is 0 Å². The van der Waals surface area contributed by atoms with Crippen LogP contribution >= 0.6 is 0 Å². The van der Waals surface area contributed by atoms with Crippen molar-refractivity contribution in [3.8, 4) is 0 Å². The summed E-state index contributed by atoms with van der Waals surface area (Å²) >= 11 is 0. The van der Waals surface area contributed by atoms with Crippen LogP contribution < -0.4 is 5.32 Å². The molecule has 0 spiro atoms. The number of rotatable bonds is 6. The van der Waals surface area contributed by atoms with E-state index in [4.69, 9.17) is 5.11 Å². The first-order valence-corrected chi connectivity index (χ1v) is 5.84. The predicted octanol–water partition coefficient (Wildman–Crippen LogP) is 2.78. The normalized spacial score (nSPS) is 12.2. The molecule has 1 aromatic rings. The molecule has 0 saturated carbocycles. The van der Waals surface area contributed by atoms with Crippen LogP contribution in [0.4, 0.5) is 20.2 Å². The molecular formula is C12H14F2N2O4. The molecule has 0 heterocycles. The maximum atomic E-state index is 13.7. The fourth-order valence-electron chi connectivity index (χ4n) is 1.66. The molecule has 0 amide bonds. The van der Waals surface area contributed by atoms with E-state index in [0.29, 0.717) is 6.07 Å². The van der Waals surface area contributed by atoms with Gasteiger partial charge in [-0.15, -0.1) is 0 Å². The van der Waals surface area contributed by atoms with Gasteiger partial charge in [-0.1, -0.05) is 13.8 Å². The Labute approximate surface area is 113 Å². The standard InChI is InChI=1S/C12H14F2N2O4/c1-6(2)8(5-10(17)18)15-12-9(16(19)20)4-3-7(13)11(12)14/h3-4,6,8,15H,5H2,1-2H3,(H,17,18). The SMILES string of the molecule is CC(C)C(CC(=O)O)Nc1c([N+](=O)[O-])ccc(F)c1F. The minimum Gasteiger partial charge on any atom is -0.481 e. The van der Waals surface area contributed by atoms with Gasteiger partial charge in [0.05, 0.1) is 11.3 Å². The first-order valence-electron chi connectivity index (χ1n) is 5.84. The van der Waals surface area contributed by atoms with Gasteiger partial charge in [0.2, 0.25) is 0 Å². The number of hydrogen-bond donors (Lipinski definition) is 2. The first-order chi connectivity index (χ1) is 9.23. The number of nitro benzene ring substituents is 1. The zero-order valence-electron chi connectivity index (χ0n) is 10.9. The average molecular weight is 288 g/mol. The van der Waals surface area contributed by atoms with Crippen molar-refractivity contribution in [2.24, 2.45) is 5.92 Å². The van der Waals surface area contributed by atoms with Gasteiger partial charge in [0.15, 0.2) is 17.3 Å². The molecule has 1 rings (SSSR count). The highest BCUT2D eigenvalue weighted by Crippen LogP contribution is 2.31. The van der Waals surface area contributed by atoms with Crippen molar-refractivity contribution in [2.75, 3.05) is 5.32 Å². The second-order valence-corrected chi connectivity index (χ2v) is 4.61. The summed E-state index contributed by atoms with van der Waals surface area (Å²) in [6.45, 7) is 3.34. The highest BCUT2D eigenvalue weighted by molar-refractivity contribution is 5.69. The Balaban J connectivity index is 3.20. The smallest absolute Gasteiger partial charge is 0.305 e. The minimum atomic E-state index is -1.39. The number of carbonyl (C=O) groups is 1. The maximum Gasteiger partial charge on any atom is 0.305 e. The van der Waals surface area contributed by atoms with Crippen molar-refractivity contribution in [2.45, 2.75) is 26.3 Å². The van der Waals surface area contributed by atoms with E-state index in [9.17, 15) is 23.7 Å². The van der Waals surface area contributed by atoms with Crippen LogP contribution in [0.25, 0.3) is 0 Å². The second kappa shape index (κ2) is 6.27. The molecule has 1 atom stereocenters. The molecule has 0 bridgehead atoms. The van der Waals surface area contributed by atoms with Crippen LogP contribution in [-0.4, -0.2) is 22.0 Å². The van der Waals surface area contributed by atoms with E-state index >= 15 is 0 Å². The number of carboxylic acid groups (broad SMARTS) is 1. The molecular weight excluding hydrogens is 274 g/mol. The number of halogens is 2. The van der Waals surface area contributed by atoms with E-state index in [-0.39, 0.29) is 12.3 Å². The van der Waals surface area contributed by atoms with Crippen molar-refractivity contribution in [1.82, 2.24) is 0 Å². The number of benzene rings is 1. The summed E-state index contributed by atoms with van der Waals surface area (Å²) in [4.78, 5) is 20.7. The number of aliphatic carboxylic acids is 1. The quantitative estimate of drug-likeness (QED) is 0.620. The van der Waals surface area contributed by atoms with Crippen LogP contribution in [0.1, 0.15) is 20.3 Å². The van der Waals surface area contributed by atoms with Crippen LogP contribution in [0.3, 0.4) is 0 Å². The summed E-state index contributed by atoms with van der Waals surface area (Å²) in [7, 11) is 0. The average Bonchev–Trinajstić information content (AvgIpc) is 2.32. The van der Waals surface area contributed by atoms with Crippen molar-refractivity contribution < 1.29 is 23.6 Å². The van der Waals surface area contributed by atoms with Crippen molar-refractivity contribution in [3.63, 3.8) is 0 Å². The lowest BCUT2D eigenvalue weighted by Gasteiger charge is -2.22. The monoisotopic (exact) mass is 288 g/mol. The number of nitrogens with zero attached hydrogens (tertiary/aromatic N) is 1. The van der Waals surface area contributed by atoms with Crippen molar-refractivity contribution >= 4 is 17.3 Å². The van der Waals surface area contributed by atoms with Crippen molar-refractivity contribution in [3.05, 3.63) is 33.9 Å². The summed E-state index contributed by atoms with van der Waals surface area (Å²) in [5.41, 5.74) is -1.27. The Hall–Kier alpha value is -2.25. The van der Waals surface area contributed by atoms with Crippen LogP contribution in [0.5, 0.6) is 0 Å². The van der Waals surface area contributed by atoms with Gasteiger partial charge < -0.3 is 10.4 Å². The number of nitro groups is 1. The third-order valence-electron chi connectivity index (χ3n) is 2.80. The summed E-state index contributed by atoms with van der Waals surface area (Å²) in [5.74, 6) is -4.02. The third-order valence-corrected chi connectivity index (χ3v) is 2.80. The van der Waals surface area contributed by atoms with Gasteiger partial charge in [-0.05, 0) is 12.0 Å². The second-order valence-electron chi connectivity index (χ2n) is 4.61. The summed E-state index contributed by atoms with van der Waals surface area (Å²) in [5, 5.41) is 22.0. The molecule has 0 aromatic heterocycles. The van der Waals surface area contributed by atoms with Gasteiger partial charge in [-0.3, -0.25) is 14.9 Å². The molecule has 2 N–H and O–H groups in total. The molecule has 0 aliphatic carbocycles. The summed E-state index contributed by atoms with van der Waals surface area (Å²) in [6.07, 6.45) is -0.370. The van der Waals surface area contributed by atoms with E-state index in [1.54, 1.807) is 13.8 Å². The molecule has 1 aromatic carbocycles. The number of carboxylic acids is 1. The fourth-order valence-corrected chi connectivity index (χ4v) is 1.66. The van der Waals surface area contributed by atoms with Crippen LogP contribution in [0.15, 0.2) is 12.1 Å². The number of nitrogens with one attached hydrogen (secondary N) is 1. The molecule has 0 aliphatic heterocycles. The Bertz CT molecular complexity index is 534. The lowest BCUT2D eigenvalue weighted by atomic mass is 10.0. The van der Waals surface area contributed by atoms with E-state index in [2.05, 4.69) is 5.32 Å². The summed E-state index contributed by atoms with van der Waals surface area (Å²) < 4.78 is 26.9. The minimum absolute atomic E-state index is 0.242. The first kappa shape index (κ1) is 15.8. The van der Waals surface area contributed by atoms with Crippen LogP contribution in [0.2, 0.25) is 0 Å². The van der Waals surface area contributed by atoms with E-state index < -0.39 is 39.9 Å². The molecule has 8 heteroatoms. The largest absolute Gasteiger partial charge is 0.481 e. The number of hydrogen-bond acceptors (Lipinski definition) is 4. The van der Waals surface area contributed by atoms with Gasteiger partial charge in [0.1, 0.15) is 0 Å². The zero-order chi connectivity index (χ0) is 15.4. The molecule has 0 aliphatic rings. The van der Waals surface area contributed by atoms with E-state index in [1.165, 1.54) is 0 Å². The highest BCUT2D eigenvalue weighted by Gasteiger charge is 2.26. The predicted molar refractivity (Wildman–Crippen MR) is 67.5 cm³/mol. The molecule has 6 nitrogen and oxygen atoms in total. The van der Waals surface area contributed by atoms with Crippen molar-refractivity contribution in [1.29, 1.82) is 0 Å². The maximum absolute atomic E-state index is 13.7. The number of anilines is 1. The Morgan fingerprint density at radius 1 is 1.45 bits per heavy atom. The topological polar surface area (TPSA) is 92.5 Å². The van der Waals surface area contributed by atoms with Crippen LogP contribution in [-0.2, 0) is 4.79 Å². The molecule has 110 valence electrons. The molecule has 1 unspecified atom stereocenters. The highest BCUT2D eigenvalue weighted by atomic mass is 19.2. The lowest BCUT2D eigenvalue weighted by Crippen LogP contribution is -2.29. The van der Waals surface area contributed by atoms with Crippen LogP contribution in [0, 0.1) is 27.7 Å². The lowest BCUT2D eigenvalue weighted by molar-refractivity contribution is -0.384. The van der Waals surface area contributed by atoms with E-state index in [0.717, 1.165) is 6.07 Å². The van der Waals surface area contributed by atoms with Gasteiger partial charge in [0, 0.05) is 12.1 Å². The molecule has 0 radical (unpaired) electrons. The van der Waals surface area contributed by atoms with Gasteiger partial charge >= 0.3 is 5.97 Å². The Kier molecular flexibility index (Phi) is 4.95. The van der Waals surface area contributed by atoms with Gasteiger partial charge in [0.25, 0.3) is 5.69 Å². The molecule has 20 heavy (non-hydrogen) atoms. The molecule has 0 fully saturated rings. The Morgan fingerprint density at radius 2 is 2.05 bits per heavy atom. The zero-order valence-corrected chi connectivity index (χ0v) is 10.9.